The van der Waals surface area contributed by atoms with Crippen LogP contribution in [0.3, 0.4) is 0 Å². The van der Waals surface area contributed by atoms with E-state index < -0.39 is 0 Å². The monoisotopic (exact) mass is 356 g/mol. The van der Waals surface area contributed by atoms with E-state index in [1.54, 1.807) is 29.9 Å². The number of carbonyl (C=O) groups is 1. The lowest BCUT2D eigenvalue weighted by atomic mass is 10.0. The molecule has 2 aromatic rings. The van der Waals surface area contributed by atoms with E-state index in [0.717, 1.165) is 22.6 Å². The molecule has 0 N–H and O–H groups in total. The van der Waals surface area contributed by atoms with Crippen LogP contribution in [0.15, 0.2) is 36.5 Å². The van der Waals surface area contributed by atoms with E-state index in [0.29, 0.717) is 13.1 Å². The van der Waals surface area contributed by atoms with Crippen molar-refractivity contribution >= 4 is 11.5 Å². The van der Waals surface area contributed by atoms with Gasteiger partial charge < -0.3 is 14.4 Å². The van der Waals surface area contributed by atoms with Gasteiger partial charge in [-0.15, -0.1) is 5.10 Å². The standard InChI is InChI=1S/C19H24N4O3/c1-13(14-7-5-6-8-17(14)25-3)9-19(24)23-10-15(18(12-23)26-4)16-11-22(2)21-20-16/h5-9,11,15,18H,10,12H2,1-4H3/b13-9+/t15-,18+/m0/s1. The quantitative estimate of drug-likeness (QED) is 0.765. The van der Waals surface area contributed by atoms with Crippen molar-refractivity contribution in [2.24, 2.45) is 7.05 Å². The van der Waals surface area contributed by atoms with E-state index in [1.165, 1.54) is 0 Å². The number of para-hydroxylation sites is 1. The highest BCUT2D eigenvalue weighted by atomic mass is 16.5. The molecule has 1 aliphatic rings. The summed E-state index contributed by atoms with van der Waals surface area (Å²) in [5.74, 6) is 0.738. The van der Waals surface area contributed by atoms with E-state index in [-0.39, 0.29) is 17.9 Å². The van der Waals surface area contributed by atoms with Crippen LogP contribution >= 0.6 is 0 Å². The normalized spacial score (nSPS) is 20.5. The summed E-state index contributed by atoms with van der Waals surface area (Å²) in [7, 11) is 5.12. The Bertz CT molecular complexity index is 815. The van der Waals surface area contributed by atoms with Crippen LogP contribution in [-0.4, -0.2) is 59.2 Å². The molecule has 7 nitrogen and oxygen atoms in total. The molecule has 2 atom stereocenters. The number of nitrogens with zero attached hydrogens (tertiary/aromatic N) is 4. The van der Waals surface area contributed by atoms with Gasteiger partial charge in [0.05, 0.1) is 24.8 Å². The summed E-state index contributed by atoms with van der Waals surface area (Å²) in [6.07, 6.45) is 3.44. The number of rotatable bonds is 5. The summed E-state index contributed by atoms with van der Waals surface area (Å²) in [5.41, 5.74) is 2.63. The molecule has 1 aromatic carbocycles. The molecule has 26 heavy (non-hydrogen) atoms. The summed E-state index contributed by atoms with van der Waals surface area (Å²) >= 11 is 0. The molecule has 0 radical (unpaired) electrons. The van der Waals surface area contributed by atoms with E-state index in [2.05, 4.69) is 10.3 Å². The minimum atomic E-state index is -0.0874. The molecule has 3 rings (SSSR count). The fraction of sp³-hybridized carbons (Fsp3) is 0.421. The van der Waals surface area contributed by atoms with Gasteiger partial charge in [-0.1, -0.05) is 23.4 Å². The molecule has 1 aliphatic heterocycles. The third kappa shape index (κ3) is 3.62. The van der Waals surface area contributed by atoms with Gasteiger partial charge in [0.2, 0.25) is 5.91 Å². The van der Waals surface area contributed by atoms with Crippen LogP contribution in [-0.2, 0) is 16.6 Å². The molecule has 0 spiro atoms. The molecule has 0 saturated carbocycles. The van der Waals surface area contributed by atoms with Crippen LogP contribution in [0, 0.1) is 0 Å². The van der Waals surface area contributed by atoms with Crippen molar-refractivity contribution in [3.05, 3.63) is 47.8 Å². The number of hydrogen-bond donors (Lipinski definition) is 0. The molecule has 0 unspecified atom stereocenters. The largest absolute Gasteiger partial charge is 0.496 e. The lowest BCUT2D eigenvalue weighted by Crippen LogP contribution is -2.28. The number of likely N-dealkylation sites (tertiary alicyclic amines) is 1. The Morgan fingerprint density at radius 3 is 2.69 bits per heavy atom. The molecule has 1 fully saturated rings. The van der Waals surface area contributed by atoms with E-state index in [4.69, 9.17) is 9.47 Å². The maximum atomic E-state index is 12.8. The van der Waals surface area contributed by atoms with E-state index in [1.807, 2.05) is 44.4 Å². The topological polar surface area (TPSA) is 69.5 Å². The molecule has 0 bridgehead atoms. The second-order valence-corrected chi connectivity index (χ2v) is 6.47. The molecule has 138 valence electrons. The number of aromatic nitrogens is 3. The van der Waals surface area contributed by atoms with Crippen molar-refractivity contribution in [1.82, 2.24) is 19.9 Å². The average molecular weight is 356 g/mol. The molecule has 1 amide bonds. The number of hydrogen-bond acceptors (Lipinski definition) is 5. The van der Waals surface area contributed by atoms with Gasteiger partial charge in [0, 0.05) is 45.1 Å². The molecule has 1 saturated heterocycles. The Labute approximate surface area is 153 Å². The van der Waals surface area contributed by atoms with E-state index >= 15 is 0 Å². The lowest BCUT2D eigenvalue weighted by molar-refractivity contribution is -0.125. The van der Waals surface area contributed by atoms with Crippen molar-refractivity contribution in [2.45, 2.75) is 18.9 Å². The van der Waals surface area contributed by atoms with Gasteiger partial charge in [-0.2, -0.15) is 0 Å². The van der Waals surface area contributed by atoms with Crippen molar-refractivity contribution in [3.8, 4) is 5.75 Å². The first-order valence-corrected chi connectivity index (χ1v) is 8.53. The van der Waals surface area contributed by atoms with Crippen LogP contribution in [0.25, 0.3) is 5.57 Å². The van der Waals surface area contributed by atoms with Gasteiger partial charge in [-0.3, -0.25) is 9.48 Å². The van der Waals surface area contributed by atoms with Gasteiger partial charge in [-0.05, 0) is 18.6 Å². The zero-order valence-electron chi connectivity index (χ0n) is 15.5. The molecule has 7 heteroatoms. The maximum absolute atomic E-state index is 12.8. The number of carbonyl (C=O) groups excluding carboxylic acids is 1. The first-order chi connectivity index (χ1) is 12.5. The SMILES string of the molecule is COc1ccccc1/C(C)=C/C(=O)N1C[C@@H](OC)[C@H](c2cn(C)nn2)C1. The smallest absolute Gasteiger partial charge is 0.246 e. The zero-order chi connectivity index (χ0) is 18.7. The van der Waals surface area contributed by atoms with Gasteiger partial charge in [-0.25, -0.2) is 0 Å². The first kappa shape index (κ1) is 18.1. The number of benzene rings is 1. The fourth-order valence-corrected chi connectivity index (χ4v) is 3.34. The predicted octanol–water partition coefficient (Wildman–Crippen LogP) is 1.87. The molecule has 1 aromatic heterocycles. The Morgan fingerprint density at radius 1 is 1.27 bits per heavy atom. The van der Waals surface area contributed by atoms with Gasteiger partial charge in [0.15, 0.2) is 0 Å². The van der Waals surface area contributed by atoms with Crippen LogP contribution in [0.2, 0.25) is 0 Å². The van der Waals surface area contributed by atoms with Crippen molar-refractivity contribution in [2.75, 3.05) is 27.3 Å². The highest BCUT2D eigenvalue weighted by Crippen LogP contribution is 2.29. The van der Waals surface area contributed by atoms with Crippen molar-refractivity contribution in [1.29, 1.82) is 0 Å². The fourth-order valence-electron chi connectivity index (χ4n) is 3.34. The lowest BCUT2D eigenvalue weighted by Gasteiger charge is -2.15. The van der Waals surface area contributed by atoms with Gasteiger partial charge >= 0.3 is 0 Å². The number of methoxy groups -OCH3 is 2. The molecular formula is C19H24N4O3. The van der Waals surface area contributed by atoms with Crippen LogP contribution < -0.4 is 4.74 Å². The van der Waals surface area contributed by atoms with Crippen molar-refractivity contribution < 1.29 is 14.3 Å². The summed E-state index contributed by atoms with van der Waals surface area (Å²) in [6, 6.07) is 7.67. The number of amides is 1. The average Bonchev–Trinajstić information content (AvgIpc) is 3.27. The first-order valence-electron chi connectivity index (χ1n) is 8.53. The molecule has 2 heterocycles. The minimum Gasteiger partial charge on any atom is -0.496 e. The Balaban J connectivity index is 1.77. The zero-order valence-corrected chi connectivity index (χ0v) is 15.5. The second kappa shape index (κ2) is 7.70. The molecule has 0 aliphatic carbocycles. The van der Waals surface area contributed by atoms with Crippen molar-refractivity contribution in [3.63, 3.8) is 0 Å². The van der Waals surface area contributed by atoms with E-state index in [9.17, 15) is 4.79 Å². The number of allylic oxidation sites excluding steroid dienone is 1. The maximum Gasteiger partial charge on any atom is 0.246 e. The van der Waals surface area contributed by atoms with Gasteiger partial charge in [0.1, 0.15) is 5.75 Å². The highest BCUT2D eigenvalue weighted by molar-refractivity contribution is 5.95. The Morgan fingerprint density at radius 2 is 2.04 bits per heavy atom. The summed E-state index contributed by atoms with van der Waals surface area (Å²) in [5, 5.41) is 8.17. The predicted molar refractivity (Wildman–Crippen MR) is 97.8 cm³/mol. The minimum absolute atomic E-state index is 0.0256. The highest BCUT2D eigenvalue weighted by Gasteiger charge is 2.37. The number of aryl methyl sites for hydroxylation is 1. The third-order valence-corrected chi connectivity index (χ3v) is 4.75. The van der Waals surface area contributed by atoms with Crippen LogP contribution in [0.4, 0.5) is 0 Å². The summed E-state index contributed by atoms with van der Waals surface area (Å²) in [6.45, 7) is 3.01. The van der Waals surface area contributed by atoms with Crippen LogP contribution in [0.5, 0.6) is 5.75 Å². The number of ether oxygens (including phenoxy) is 2. The second-order valence-electron chi connectivity index (χ2n) is 6.47. The van der Waals surface area contributed by atoms with Gasteiger partial charge in [0.25, 0.3) is 0 Å². The van der Waals surface area contributed by atoms with Crippen LogP contribution in [0.1, 0.15) is 24.1 Å². The third-order valence-electron chi connectivity index (χ3n) is 4.75. The Hall–Kier alpha value is -2.67. The molecular weight excluding hydrogens is 332 g/mol. The summed E-state index contributed by atoms with van der Waals surface area (Å²) < 4.78 is 12.6. The Kier molecular flexibility index (Phi) is 5.37. The summed E-state index contributed by atoms with van der Waals surface area (Å²) in [4.78, 5) is 14.6.